The molecule has 4 nitrogen and oxygen atoms in total. The van der Waals surface area contributed by atoms with Crippen LogP contribution in [0.5, 0.6) is 5.75 Å². The van der Waals surface area contributed by atoms with E-state index in [1.165, 1.54) is 13.2 Å². The molecule has 0 saturated carbocycles. The van der Waals surface area contributed by atoms with Crippen LogP contribution in [0.25, 0.3) is 0 Å². The molecule has 1 aliphatic rings. The summed E-state index contributed by atoms with van der Waals surface area (Å²) < 4.78 is 24.5. The van der Waals surface area contributed by atoms with Crippen LogP contribution in [-0.2, 0) is 4.74 Å². The largest absolute Gasteiger partial charge is 0.496 e. The first kappa shape index (κ1) is 16.2. The monoisotopic (exact) mass is 297 g/mol. The van der Waals surface area contributed by atoms with Crippen LogP contribution in [0.3, 0.4) is 0 Å². The zero-order valence-electron chi connectivity index (χ0n) is 12.7. The Labute approximate surface area is 125 Å². The fourth-order valence-electron chi connectivity index (χ4n) is 2.81. The first-order chi connectivity index (χ1) is 10.2. The molecule has 1 fully saturated rings. The molecule has 1 aromatic rings. The summed E-state index contributed by atoms with van der Waals surface area (Å²) in [6, 6.07) is 4.99. The van der Waals surface area contributed by atoms with Gasteiger partial charge in [0.05, 0.1) is 32.0 Å². The van der Waals surface area contributed by atoms with Crippen molar-refractivity contribution >= 4 is 0 Å². The zero-order valence-corrected chi connectivity index (χ0v) is 12.7. The van der Waals surface area contributed by atoms with E-state index in [9.17, 15) is 9.50 Å². The lowest BCUT2D eigenvalue weighted by Gasteiger charge is -2.35. The molecule has 1 saturated heterocycles. The Hall–Kier alpha value is -1.17. The summed E-state index contributed by atoms with van der Waals surface area (Å²) in [5, 5.41) is 10.3. The molecular formula is C16H24FNO3. The highest BCUT2D eigenvalue weighted by Crippen LogP contribution is 2.30. The van der Waals surface area contributed by atoms with Crippen LogP contribution in [-0.4, -0.2) is 49.5 Å². The maximum absolute atomic E-state index is 13.9. The second kappa shape index (κ2) is 7.73. The van der Waals surface area contributed by atoms with E-state index in [1.54, 1.807) is 12.1 Å². The van der Waals surface area contributed by atoms with E-state index in [-0.39, 0.29) is 5.56 Å². The highest BCUT2D eigenvalue weighted by atomic mass is 19.1. The van der Waals surface area contributed by atoms with Gasteiger partial charge in [-0.05, 0) is 25.0 Å². The maximum Gasteiger partial charge on any atom is 0.132 e. The molecule has 0 aromatic heterocycles. The van der Waals surface area contributed by atoms with Gasteiger partial charge in [0, 0.05) is 19.1 Å². The van der Waals surface area contributed by atoms with Crippen molar-refractivity contribution in [1.82, 2.24) is 4.90 Å². The van der Waals surface area contributed by atoms with E-state index in [1.807, 2.05) is 0 Å². The van der Waals surface area contributed by atoms with E-state index in [0.29, 0.717) is 18.2 Å². The van der Waals surface area contributed by atoms with Gasteiger partial charge in [0.2, 0.25) is 0 Å². The summed E-state index contributed by atoms with van der Waals surface area (Å²) in [4.78, 5) is 2.31. The van der Waals surface area contributed by atoms with Crippen LogP contribution in [0.15, 0.2) is 18.2 Å². The number of halogens is 1. The SMILES string of the molecule is CCC1COCCN1CCC(O)c1c(F)cccc1OC. The lowest BCUT2D eigenvalue weighted by atomic mass is 10.0. The molecule has 1 N–H and O–H groups in total. The molecule has 0 radical (unpaired) electrons. The summed E-state index contributed by atoms with van der Waals surface area (Å²) in [6.45, 7) is 5.16. The van der Waals surface area contributed by atoms with E-state index in [4.69, 9.17) is 9.47 Å². The molecule has 2 atom stereocenters. The number of methoxy groups -OCH3 is 1. The minimum atomic E-state index is -0.860. The predicted octanol–water partition coefficient (Wildman–Crippen LogP) is 2.37. The molecule has 5 heteroatoms. The van der Waals surface area contributed by atoms with E-state index >= 15 is 0 Å². The van der Waals surface area contributed by atoms with Gasteiger partial charge in [-0.1, -0.05) is 13.0 Å². The molecule has 2 unspecified atom stereocenters. The smallest absolute Gasteiger partial charge is 0.132 e. The Morgan fingerprint density at radius 2 is 2.33 bits per heavy atom. The fourth-order valence-corrected chi connectivity index (χ4v) is 2.81. The van der Waals surface area contributed by atoms with Gasteiger partial charge in [-0.2, -0.15) is 0 Å². The molecule has 0 bridgehead atoms. The molecule has 21 heavy (non-hydrogen) atoms. The minimum Gasteiger partial charge on any atom is -0.496 e. The number of aliphatic hydroxyl groups is 1. The van der Waals surface area contributed by atoms with Gasteiger partial charge in [0.15, 0.2) is 0 Å². The second-order valence-corrected chi connectivity index (χ2v) is 5.33. The Morgan fingerprint density at radius 3 is 3.05 bits per heavy atom. The van der Waals surface area contributed by atoms with Crippen LogP contribution < -0.4 is 4.74 Å². The lowest BCUT2D eigenvalue weighted by molar-refractivity contribution is -0.0146. The van der Waals surface area contributed by atoms with Gasteiger partial charge >= 0.3 is 0 Å². The van der Waals surface area contributed by atoms with Gasteiger partial charge < -0.3 is 14.6 Å². The van der Waals surface area contributed by atoms with Crippen molar-refractivity contribution in [3.8, 4) is 5.75 Å². The molecule has 1 heterocycles. The minimum absolute atomic E-state index is 0.251. The quantitative estimate of drug-likeness (QED) is 0.875. The molecule has 1 aromatic carbocycles. The van der Waals surface area contributed by atoms with Crippen molar-refractivity contribution in [3.05, 3.63) is 29.6 Å². The molecule has 2 rings (SSSR count). The number of hydrogen-bond acceptors (Lipinski definition) is 4. The average molecular weight is 297 g/mol. The van der Waals surface area contributed by atoms with Crippen LogP contribution in [0.1, 0.15) is 31.4 Å². The normalized spacial score (nSPS) is 21.2. The Bertz CT molecular complexity index is 455. The standard InChI is InChI=1S/C16H24FNO3/c1-3-12-11-21-10-9-18(12)8-7-14(19)16-13(17)5-4-6-15(16)20-2/h4-6,12,14,19H,3,7-11H2,1-2H3. The van der Waals surface area contributed by atoms with Crippen LogP contribution in [0.4, 0.5) is 4.39 Å². The number of benzene rings is 1. The summed E-state index contributed by atoms with van der Waals surface area (Å²) in [6.07, 6.45) is 0.633. The first-order valence-corrected chi connectivity index (χ1v) is 7.49. The molecule has 118 valence electrons. The zero-order chi connectivity index (χ0) is 15.2. The van der Waals surface area contributed by atoms with Gasteiger partial charge in [0.1, 0.15) is 11.6 Å². The molecular weight excluding hydrogens is 273 g/mol. The highest BCUT2D eigenvalue weighted by molar-refractivity contribution is 5.36. The van der Waals surface area contributed by atoms with Gasteiger partial charge in [-0.3, -0.25) is 4.90 Å². The van der Waals surface area contributed by atoms with E-state index < -0.39 is 11.9 Å². The summed E-state index contributed by atoms with van der Waals surface area (Å²) in [5.41, 5.74) is 0.251. The maximum atomic E-state index is 13.9. The van der Waals surface area contributed by atoms with Crippen molar-refractivity contribution in [2.75, 3.05) is 33.4 Å². The molecule has 0 spiro atoms. The Morgan fingerprint density at radius 1 is 1.52 bits per heavy atom. The van der Waals surface area contributed by atoms with Gasteiger partial charge in [0.25, 0.3) is 0 Å². The number of nitrogens with zero attached hydrogens (tertiary/aromatic N) is 1. The van der Waals surface area contributed by atoms with Crippen molar-refractivity contribution in [2.24, 2.45) is 0 Å². The van der Waals surface area contributed by atoms with Gasteiger partial charge in [-0.25, -0.2) is 4.39 Å². The van der Waals surface area contributed by atoms with Crippen LogP contribution >= 0.6 is 0 Å². The van der Waals surface area contributed by atoms with Gasteiger partial charge in [-0.15, -0.1) is 0 Å². The average Bonchev–Trinajstić information content (AvgIpc) is 2.52. The van der Waals surface area contributed by atoms with Crippen molar-refractivity contribution < 1.29 is 19.0 Å². The third-order valence-corrected chi connectivity index (χ3v) is 4.08. The third kappa shape index (κ3) is 3.93. The predicted molar refractivity (Wildman–Crippen MR) is 79.0 cm³/mol. The van der Waals surface area contributed by atoms with Crippen molar-refractivity contribution in [2.45, 2.75) is 31.9 Å². The fraction of sp³-hybridized carbons (Fsp3) is 0.625. The molecule has 0 amide bonds. The number of ether oxygens (including phenoxy) is 2. The van der Waals surface area contributed by atoms with Crippen molar-refractivity contribution in [3.63, 3.8) is 0 Å². The van der Waals surface area contributed by atoms with Crippen LogP contribution in [0, 0.1) is 5.82 Å². The summed E-state index contributed by atoms with van der Waals surface area (Å²) >= 11 is 0. The summed E-state index contributed by atoms with van der Waals surface area (Å²) in [7, 11) is 1.49. The number of rotatable bonds is 6. The first-order valence-electron chi connectivity index (χ1n) is 7.49. The van der Waals surface area contributed by atoms with E-state index in [2.05, 4.69) is 11.8 Å². The lowest BCUT2D eigenvalue weighted by Crippen LogP contribution is -2.45. The number of aliphatic hydroxyl groups excluding tert-OH is 1. The second-order valence-electron chi connectivity index (χ2n) is 5.33. The number of hydrogen-bond donors (Lipinski definition) is 1. The Balaban J connectivity index is 2.00. The molecule has 0 aliphatic carbocycles. The third-order valence-electron chi connectivity index (χ3n) is 4.08. The van der Waals surface area contributed by atoms with E-state index in [0.717, 1.165) is 32.7 Å². The van der Waals surface area contributed by atoms with Crippen LogP contribution in [0.2, 0.25) is 0 Å². The number of morpholine rings is 1. The Kier molecular flexibility index (Phi) is 5.96. The topological polar surface area (TPSA) is 41.9 Å². The van der Waals surface area contributed by atoms with Crippen molar-refractivity contribution in [1.29, 1.82) is 0 Å². The highest BCUT2D eigenvalue weighted by Gasteiger charge is 2.24. The summed E-state index contributed by atoms with van der Waals surface area (Å²) in [5.74, 6) is -0.0209. The molecule has 1 aliphatic heterocycles.